The van der Waals surface area contributed by atoms with Crippen LogP contribution in [0.1, 0.15) is 26.2 Å². The summed E-state index contributed by atoms with van der Waals surface area (Å²) in [6.45, 7) is 4.20. The van der Waals surface area contributed by atoms with Crippen LogP contribution in [0, 0.1) is 0 Å². The Morgan fingerprint density at radius 1 is 1.33 bits per heavy atom. The third-order valence-electron chi connectivity index (χ3n) is 2.54. The van der Waals surface area contributed by atoms with E-state index in [0.717, 1.165) is 32.4 Å². The lowest BCUT2D eigenvalue weighted by atomic mass is 10.1. The molecular weight excluding hydrogens is 154 g/mol. The predicted octanol–water partition coefficient (Wildman–Crippen LogP) is 0.890. The molecule has 3 heteroatoms. The first kappa shape index (κ1) is 8.48. The first-order chi connectivity index (χ1) is 5.90. The normalized spacial score (nSPS) is 41.2. The Kier molecular flexibility index (Phi) is 2.63. The molecule has 3 unspecified atom stereocenters. The number of piperidine rings is 1. The van der Waals surface area contributed by atoms with E-state index >= 15 is 0 Å². The second-order valence-electron chi connectivity index (χ2n) is 3.56. The summed E-state index contributed by atoms with van der Waals surface area (Å²) < 4.78 is 11.5. The van der Waals surface area contributed by atoms with Gasteiger partial charge in [0, 0.05) is 6.54 Å². The Bertz CT molecular complexity index is 137. The number of ether oxygens (including phenoxy) is 2. The maximum absolute atomic E-state index is 5.74. The highest BCUT2D eigenvalue weighted by atomic mass is 16.7. The van der Waals surface area contributed by atoms with E-state index < -0.39 is 0 Å². The van der Waals surface area contributed by atoms with E-state index in [0.29, 0.717) is 12.2 Å². The summed E-state index contributed by atoms with van der Waals surface area (Å²) in [5.74, 6) is 0. The van der Waals surface area contributed by atoms with Crippen LogP contribution < -0.4 is 5.32 Å². The second kappa shape index (κ2) is 3.73. The van der Waals surface area contributed by atoms with Gasteiger partial charge in [-0.2, -0.15) is 0 Å². The van der Waals surface area contributed by atoms with Gasteiger partial charge in [0.15, 0.2) is 6.29 Å². The van der Waals surface area contributed by atoms with E-state index in [2.05, 4.69) is 12.2 Å². The largest absolute Gasteiger partial charge is 0.347 e. The van der Waals surface area contributed by atoms with Crippen LogP contribution in [-0.4, -0.2) is 31.6 Å². The molecule has 2 aliphatic heterocycles. The van der Waals surface area contributed by atoms with Crippen molar-refractivity contribution in [3.8, 4) is 0 Å². The third-order valence-corrected chi connectivity index (χ3v) is 2.54. The lowest BCUT2D eigenvalue weighted by molar-refractivity contribution is -0.0686. The molecule has 0 aromatic rings. The van der Waals surface area contributed by atoms with E-state index in [-0.39, 0.29) is 6.29 Å². The van der Waals surface area contributed by atoms with Crippen LogP contribution >= 0.6 is 0 Å². The minimum absolute atomic E-state index is 0.0740. The van der Waals surface area contributed by atoms with E-state index in [1.165, 1.54) is 0 Å². The molecule has 0 aliphatic carbocycles. The van der Waals surface area contributed by atoms with Gasteiger partial charge in [-0.3, -0.25) is 0 Å². The van der Waals surface area contributed by atoms with Crippen LogP contribution in [-0.2, 0) is 9.47 Å². The number of fused-ring (bicyclic) bond motifs is 1. The highest BCUT2D eigenvalue weighted by Gasteiger charge is 2.36. The van der Waals surface area contributed by atoms with Crippen molar-refractivity contribution in [2.75, 3.05) is 13.1 Å². The molecule has 12 heavy (non-hydrogen) atoms. The Hall–Kier alpha value is -0.120. The molecular formula is C9H17NO2. The van der Waals surface area contributed by atoms with E-state index in [1.807, 2.05) is 0 Å². The molecule has 0 amide bonds. The van der Waals surface area contributed by atoms with Crippen LogP contribution in [0.2, 0.25) is 0 Å². The van der Waals surface area contributed by atoms with Crippen LogP contribution in [0.4, 0.5) is 0 Å². The highest BCUT2D eigenvalue weighted by molar-refractivity contribution is 4.83. The average Bonchev–Trinajstić information content (AvgIpc) is 2.47. The summed E-state index contributed by atoms with van der Waals surface area (Å²) in [4.78, 5) is 0. The maximum atomic E-state index is 5.74. The zero-order valence-electron chi connectivity index (χ0n) is 7.58. The standard InChI is InChI=1S/C9H17NO2/c1-2-3-9-11-7-4-5-10-6-8(7)12-9/h7-10H,2-6H2,1H3. The average molecular weight is 171 g/mol. The SMILES string of the molecule is CCCC1OC2CCNCC2O1. The van der Waals surface area contributed by atoms with Gasteiger partial charge >= 0.3 is 0 Å². The molecule has 0 saturated carbocycles. The minimum Gasteiger partial charge on any atom is -0.347 e. The molecule has 3 nitrogen and oxygen atoms in total. The molecule has 0 bridgehead atoms. The Labute approximate surface area is 73.4 Å². The molecule has 0 spiro atoms. The number of rotatable bonds is 2. The molecule has 0 aromatic heterocycles. The van der Waals surface area contributed by atoms with Crippen molar-refractivity contribution in [2.24, 2.45) is 0 Å². The fraction of sp³-hybridized carbons (Fsp3) is 1.00. The van der Waals surface area contributed by atoms with Gasteiger partial charge in [0.2, 0.25) is 0 Å². The molecule has 0 aromatic carbocycles. The number of hydrogen-bond donors (Lipinski definition) is 1. The quantitative estimate of drug-likeness (QED) is 0.669. The number of nitrogens with one attached hydrogen (secondary N) is 1. The van der Waals surface area contributed by atoms with Gasteiger partial charge in [-0.15, -0.1) is 0 Å². The van der Waals surface area contributed by atoms with Crippen molar-refractivity contribution < 1.29 is 9.47 Å². The lowest BCUT2D eigenvalue weighted by Gasteiger charge is -2.22. The summed E-state index contributed by atoms with van der Waals surface area (Å²) in [7, 11) is 0. The van der Waals surface area contributed by atoms with Gasteiger partial charge in [0.25, 0.3) is 0 Å². The van der Waals surface area contributed by atoms with Crippen molar-refractivity contribution in [2.45, 2.75) is 44.7 Å². The van der Waals surface area contributed by atoms with Gasteiger partial charge in [-0.1, -0.05) is 13.3 Å². The summed E-state index contributed by atoms with van der Waals surface area (Å²) in [6, 6.07) is 0. The Balaban J connectivity index is 1.85. The second-order valence-corrected chi connectivity index (χ2v) is 3.56. The van der Waals surface area contributed by atoms with Crippen molar-refractivity contribution in [1.29, 1.82) is 0 Å². The monoisotopic (exact) mass is 171 g/mol. The Morgan fingerprint density at radius 2 is 2.17 bits per heavy atom. The molecule has 70 valence electrons. The predicted molar refractivity (Wildman–Crippen MR) is 45.9 cm³/mol. The molecule has 3 atom stereocenters. The smallest absolute Gasteiger partial charge is 0.158 e. The van der Waals surface area contributed by atoms with E-state index in [9.17, 15) is 0 Å². The van der Waals surface area contributed by atoms with Crippen LogP contribution in [0.15, 0.2) is 0 Å². The lowest BCUT2D eigenvalue weighted by Crippen LogP contribution is -2.41. The molecule has 2 saturated heterocycles. The van der Waals surface area contributed by atoms with Crippen LogP contribution in [0.5, 0.6) is 0 Å². The fourth-order valence-electron chi connectivity index (χ4n) is 1.89. The van der Waals surface area contributed by atoms with Gasteiger partial charge in [0.05, 0.1) is 12.2 Å². The summed E-state index contributed by atoms with van der Waals surface area (Å²) in [5, 5.41) is 3.31. The molecule has 1 N–H and O–H groups in total. The van der Waals surface area contributed by atoms with Crippen LogP contribution in [0.3, 0.4) is 0 Å². The van der Waals surface area contributed by atoms with Crippen LogP contribution in [0.25, 0.3) is 0 Å². The first-order valence-electron chi connectivity index (χ1n) is 4.92. The van der Waals surface area contributed by atoms with Crippen molar-refractivity contribution in [3.63, 3.8) is 0 Å². The zero-order valence-corrected chi connectivity index (χ0v) is 7.58. The molecule has 2 fully saturated rings. The van der Waals surface area contributed by atoms with E-state index in [1.54, 1.807) is 0 Å². The zero-order chi connectivity index (χ0) is 8.39. The highest BCUT2D eigenvalue weighted by Crippen LogP contribution is 2.25. The number of hydrogen-bond acceptors (Lipinski definition) is 3. The summed E-state index contributed by atoms with van der Waals surface area (Å²) in [5.41, 5.74) is 0. The van der Waals surface area contributed by atoms with Gasteiger partial charge in [-0.05, 0) is 19.4 Å². The van der Waals surface area contributed by atoms with Crippen molar-refractivity contribution in [1.82, 2.24) is 5.32 Å². The van der Waals surface area contributed by atoms with Crippen molar-refractivity contribution >= 4 is 0 Å². The third kappa shape index (κ3) is 1.63. The molecule has 0 radical (unpaired) electrons. The molecule has 2 rings (SSSR count). The maximum Gasteiger partial charge on any atom is 0.158 e. The van der Waals surface area contributed by atoms with Gasteiger partial charge < -0.3 is 14.8 Å². The summed E-state index contributed by atoms with van der Waals surface area (Å²) in [6.07, 6.45) is 4.03. The fourth-order valence-corrected chi connectivity index (χ4v) is 1.89. The molecule has 2 aliphatic rings. The molecule has 2 heterocycles. The topological polar surface area (TPSA) is 30.5 Å². The van der Waals surface area contributed by atoms with Gasteiger partial charge in [-0.25, -0.2) is 0 Å². The first-order valence-corrected chi connectivity index (χ1v) is 4.92. The Morgan fingerprint density at radius 3 is 2.92 bits per heavy atom. The van der Waals surface area contributed by atoms with E-state index in [4.69, 9.17) is 9.47 Å². The minimum atomic E-state index is 0.0740. The van der Waals surface area contributed by atoms with Crippen molar-refractivity contribution in [3.05, 3.63) is 0 Å². The van der Waals surface area contributed by atoms with Gasteiger partial charge in [0.1, 0.15) is 0 Å². The summed E-state index contributed by atoms with van der Waals surface area (Å²) >= 11 is 0.